The van der Waals surface area contributed by atoms with E-state index in [0.29, 0.717) is 6.04 Å². The van der Waals surface area contributed by atoms with Crippen LogP contribution in [0.3, 0.4) is 0 Å². The number of thioether (sulfide) groups is 1. The molecule has 3 heteroatoms. The maximum absolute atomic E-state index is 5.86. The molecule has 0 aromatic heterocycles. The lowest BCUT2D eigenvalue weighted by molar-refractivity contribution is 0.166. The molecule has 0 radical (unpaired) electrons. The summed E-state index contributed by atoms with van der Waals surface area (Å²) in [4.78, 5) is 2.64. The van der Waals surface area contributed by atoms with Gasteiger partial charge in [0.1, 0.15) is 0 Å². The monoisotopic (exact) mass is 186 g/mol. The highest BCUT2D eigenvalue weighted by molar-refractivity contribution is 7.99. The Bertz CT molecular complexity index is 137. The Hall–Kier alpha value is 0.270. The van der Waals surface area contributed by atoms with Gasteiger partial charge >= 0.3 is 0 Å². The van der Waals surface area contributed by atoms with E-state index in [1.165, 1.54) is 43.9 Å². The van der Waals surface area contributed by atoms with Gasteiger partial charge in [0.2, 0.25) is 0 Å². The van der Waals surface area contributed by atoms with Crippen molar-refractivity contribution in [2.75, 3.05) is 24.6 Å². The van der Waals surface area contributed by atoms with E-state index < -0.39 is 0 Å². The zero-order valence-electron chi connectivity index (χ0n) is 7.54. The fourth-order valence-corrected chi connectivity index (χ4v) is 3.35. The van der Waals surface area contributed by atoms with E-state index in [1.54, 1.807) is 0 Å². The summed E-state index contributed by atoms with van der Waals surface area (Å²) in [6.07, 6.45) is 3.82. The minimum absolute atomic E-state index is 0.482. The highest BCUT2D eigenvalue weighted by Gasteiger charge is 2.25. The molecule has 2 N–H and O–H groups in total. The molecule has 0 saturated carbocycles. The highest BCUT2D eigenvalue weighted by atomic mass is 32.2. The molecule has 0 bridgehead atoms. The second-order valence-electron chi connectivity index (χ2n) is 3.89. The molecule has 2 fully saturated rings. The van der Waals surface area contributed by atoms with Crippen LogP contribution in [0.15, 0.2) is 0 Å². The molecule has 0 aliphatic carbocycles. The molecular weight excluding hydrogens is 168 g/mol. The minimum atomic E-state index is 0.482. The third-order valence-electron chi connectivity index (χ3n) is 3.00. The molecule has 12 heavy (non-hydrogen) atoms. The lowest BCUT2D eigenvalue weighted by atomic mass is 10.0. The maximum atomic E-state index is 5.86. The van der Waals surface area contributed by atoms with Crippen LogP contribution in [0.25, 0.3) is 0 Å². The van der Waals surface area contributed by atoms with Crippen molar-refractivity contribution in [1.29, 1.82) is 0 Å². The lowest BCUT2D eigenvalue weighted by Crippen LogP contribution is -2.45. The molecule has 0 unspecified atom stereocenters. The van der Waals surface area contributed by atoms with Crippen LogP contribution >= 0.6 is 11.8 Å². The first kappa shape index (κ1) is 8.85. The number of rotatable bonds is 1. The molecule has 2 aliphatic rings. The summed E-state index contributed by atoms with van der Waals surface area (Å²) in [5.74, 6) is 2.72. The zero-order chi connectivity index (χ0) is 8.39. The first-order chi connectivity index (χ1) is 5.86. The summed E-state index contributed by atoms with van der Waals surface area (Å²) >= 11 is 2.10. The van der Waals surface area contributed by atoms with E-state index in [9.17, 15) is 0 Å². The molecule has 0 amide bonds. The number of nitrogens with zero attached hydrogens (tertiary/aromatic N) is 1. The van der Waals surface area contributed by atoms with Crippen LogP contribution in [0.1, 0.15) is 19.3 Å². The average Bonchev–Trinajstić information content (AvgIpc) is 2.58. The van der Waals surface area contributed by atoms with Crippen LogP contribution in [0, 0.1) is 0 Å². The molecular formula is C9H18N2S. The molecule has 2 aliphatic heterocycles. The predicted octanol–water partition coefficient (Wildman–Crippen LogP) is 0.915. The summed E-state index contributed by atoms with van der Waals surface area (Å²) in [7, 11) is 0. The summed E-state index contributed by atoms with van der Waals surface area (Å²) in [6.45, 7) is 2.48. The van der Waals surface area contributed by atoms with Gasteiger partial charge in [-0.2, -0.15) is 11.8 Å². The van der Waals surface area contributed by atoms with Crippen molar-refractivity contribution in [1.82, 2.24) is 4.90 Å². The van der Waals surface area contributed by atoms with Crippen LogP contribution in [-0.2, 0) is 0 Å². The van der Waals surface area contributed by atoms with Crippen molar-refractivity contribution in [2.45, 2.75) is 31.3 Å². The standard InChI is InChI=1S/C9H18N2S/c10-8-1-4-11(5-2-8)9-3-6-12-7-9/h8-9H,1-7,10H2/t9-/m0/s1. The Morgan fingerprint density at radius 1 is 1.17 bits per heavy atom. The van der Waals surface area contributed by atoms with Crippen LogP contribution < -0.4 is 5.73 Å². The minimum Gasteiger partial charge on any atom is -0.328 e. The van der Waals surface area contributed by atoms with Crippen LogP contribution in [-0.4, -0.2) is 41.6 Å². The normalized spacial score (nSPS) is 34.2. The summed E-state index contributed by atoms with van der Waals surface area (Å²) in [5, 5.41) is 0. The summed E-state index contributed by atoms with van der Waals surface area (Å²) in [5.41, 5.74) is 5.86. The zero-order valence-corrected chi connectivity index (χ0v) is 8.35. The van der Waals surface area contributed by atoms with E-state index in [4.69, 9.17) is 5.73 Å². The van der Waals surface area contributed by atoms with Gasteiger partial charge in [0.05, 0.1) is 0 Å². The molecule has 0 aromatic carbocycles. The number of likely N-dealkylation sites (tertiary alicyclic amines) is 1. The van der Waals surface area contributed by atoms with E-state index in [1.807, 2.05) is 0 Å². The van der Waals surface area contributed by atoms with Crippen LogP contribution in [0.5, 0.6) is 0 Å². The lowest BCUT2D eigenvalue weighted by Gasteiger charge is -2.34. The van der Waals surface area contributed by atoms with Gasteiger partial charge in [0, 0.05) is 17.8 Å². The molecule has 0 spiro atoms. The van der Waals surface area contributed by atoms with Crippen molar-refractivity contribution in [3.05, 3.63) is 0 Å². The Morgan fingerprint density at radius 2 is 1.92 bits per heavy atom. The first-order valence-electron chi connectivity index (χ1n) is 4.93. The number of nitrogens with two attached hydrogens (primary N) is 1. The van der Waals surface area contributed by atoms with Gasteiger partial charge in [0.15, 0.2) is 0 Å². The fraction of sp³-hybridized carbons (Fsp3) is 1.00. The largest absolute Gasteiger partial charge is 0.328 e. The molecule has 0 aromatic rings. The van der Waals surface area contributed by atoms with Gasteiger partial charge in [-0.05, 0) is 38.1 Å². The molecule has 70 valence electrons. The van der Waals surface area contributed by atoms with Gasteiger partial charge in [-0.25, -0.2) is 0 Å². The van der Waals surface area contributed by atoms with Crippen molar-refractivity contribution in [3.8, 4) is 0 Å². The van der Waals surface area contributed by atoms with Gasteiger partial charge in [0.25, 0.3) is 0 Å². The Morgan fingerprint density at radius 3 is 2.50 bits per heavy atom. The van der Waals surface area contributed by atoms with Gasteiger partial charge < -0.3 is 5.73 Å². The van der Waals surface area contributed by atoms with E-state index >= 15 is 0 Å². The maximum Gasteiger partial charge on any atom is 0.0194 e. The summed E-state index contributed by atoms with van der Waals surface area (Å²) < 4.78 is 0. The first-order valence-corrected chi connectivity index (χ1v) is 6.09. The topological polar surface area (TPSA) is 29.3 Å². The van der Waals surface area contributed by atoms with Crippen molar-refractivity contribution < 1.29 is 0 Å². The molecule has 2 rings (SSSR count). The quantitative estimate of drug-likeness (QED) is 0.660. The van der Waals surface area contributed by atoms with Crippen LogP contribution in [0.4, 0.5) is 0 Å². The smallest absolute Gasteiger partial charge is 0.0194 e. The Kier molecular flexibility index (Phi) is 2.94. The molecule has 2 nitrogen and oxygen atoms in total. The molecule has 1 atom stereocenters. The third-order valence-corrected chi connectivity index (χ3v) is 4.14. The van der Waals surface area contributed by atoms with E-state index in [2.05, 4.69) is 16.7 Å². The van der Waals surface area contributed by atoms with Gasteiger partial charge in [-0.15, -0.1) is 0 Å². The van der Waals surface area contributed by atoms with Gasteiger partial charge in [-0.3, -0.25) is 4.90 Å². The second-order valence-corrected chi connectivity index (χ2v) is 5.04. The molecule has 2 heterocycles. The number of hydrogen-bond donors (Lipinski definition) is 1. The van der Waals surface area contributed by atoms with Crippen molar-refractivity contribution in [3.63, 3.8) is 0 Å². The Balaban J connectivity index is 1.80. The summed E-state index contributed by atoms with van der Waals surface area (Å²) in [6, 6.07) is 1.36. The second kappa shape index (κ2) is 3.99. The average molecular weight is 186 g/mol. The fourth-order valence-electron chi connectivity index (χ4n) is 2.09. The van der Waals surface area contributed by atoms with E-state index in [-0.39, 0.29) is 0 Å². The number of hydrogen-bond acceptors (Lipinski definition) is 3. The number of piperidine rings is 1. The molecule has 2 saturated heterocycles. The highest BCUT2D eigenvalue weighted by Crippen LogP contribution is 2.24. The predicted molar refractivity (Wildman–Crippen MR) is 54.5 cm³/mol. The van der Waals surface area contributed by atoms with Crippen molar-refractivity contribution >= 4 is 11.8 Å². The third kappa shape index (κ3) is 1.95. The van der Waals surface area contributed by atoms with Gasteiger partial charge in [-0.1, -0.05) is 0 Å². The SMILES string of the molecule is NC1CCN([C@H]2CCSC2)CC1. The Labute approximate surface area is 78.9 Å². The van der Waals surface area contributed by atoms with E-state index in [0.717, 1.165) is 6.04 Å². The van der Waals surface area contributed by atoms with Crippen molar-refractivity contribution in [2.24, 2.45) is 5.73 Å². The van der Waals surface area contributed by atoms with Crippen LogP contribution in [0.2, 0.25) is 0 Å².